The van der Waals surface area contributed by atoms with Crippen LogP contribution in [0.3, 0.4) is 0 Å². The molecule has 6 heteroatoms. The Morgan fingerprint density at radius 2 is 2.27 bits per heavy atom. The minimum absolute atomic E-state index is 0.0465. The number of rotatable bonds is 4. The van der Waals surface area contributed by atoms with Crippen molar-refractivity contribution >= 4 is 35.8 Å². The number of carbonyl (C=O) groups is 2. The largest absolute Gasteiger partial charge is 0.368 e. The standard InChI is InChI=1S/C9H12N2O2S2/c1-2-11(4-8(10)12)9(13)7-3-6(14)5-15-7/h3,5,14H,2,4H2,1H3,(H2,10,12). The number of hydrogen-bond donors (Lipinski definition) is 2. The van der Waals surface area contributed by atoms with Gasteiger partial charge in [0.05, 0.1) is 11.4 Å². The number of thiophene rings is 1. The molecule has 1 heterocycles. The van der Waals surface area contributed by atoms with E-state index in [9.17, 15) is 9.59 Å². The highest BCUT2D eigenvalue weighted by molar-refractivity contribution is 7.80. The van der Waals surface area contributed by atoms with Gasteiger partial charge < -0.3 is 10.6 Å². The van der Waals surface area contributed by atoms with Gasteiger partial charge in [0.15, 0.2) is 0 Å². The first-order valence-electron chi connectivity index (χ1n) is 4.39. The third kappa shape index (κ3) is 3.24. The molecule has 0 unspecified atom stereocenters. The van der Waals surface area contributed by atoms with Crippen molar-refractivity contribution in [1.82, 2.24) is 4.90 Å². The second kappa shape index (κ2) is 5.18. The molecule has 0 aliphatic rings. The molecule has 4 nitrogen and oxygen atoms in total. The molecule has 0 aliphatic carbocycles. The maximum Gasteiger partial charge on any atom is 0.264 e. The second-order valence-electron chi connectivity index (χ2n) is 2.95. The summed E-state index contributed by atoms with van der Waals surface area (Å²) in [4.78, 5) is 25.3. The molecule has 2 amide bonds. The number of carbonyl (C=O) groups excluding carboxylic acids is 2. The van der Waals surface area contributed by atoms with E-state index in [1.165, 1.54) is 16.2 Å². The number of amides is 2. The van der Waals surface area contributed by atoms with E-state index in [-0.39, 0.29) is 12.5 Å². The van der Waals surface area contributed by atoms with Crippen LogP contribution in [-0.2, 0) is 4.79 Å². The summed E-state index contributed by atoms with van der Waals surface area (Å²) in [6, 6.07) is 1.68. The smallest absolute Gasteiger partial charge is 0.264 e. The minimum atomic E-state index is -0.507. The highest BCUT2D eigenvalue weighted by Gasteiger charge is 2.17. The molecule has 0 aromatic carbocycles. The van der Waals surface area contributed by atoms with E-state index in [1.54, 1.807) is 18.4 Å². The first kappa shape index (κ1) is 12.1. The van der Waals surface area contributed by atoms with Crippen LogP contribution in [0.1, 0.15) is 16.6 Å². The fourth-order valence-corrected chi connectivity index (χ4v) is 2.22. The summed E-state index contributed by atoms with van der Waals surface area (Å²) in [5, 5.41) is 1.77. The second-order valence-corrected chi connectivity index (χ2v) is 4.38. The molecule has 0 atom stereocenters. The van der Waals surface area contributed by atoms with Crippen molar-refractivity contribution in [3.63, 3.8) is 0 Å². The third-order valence-corrected chi connectivity index (χ3v) is 3.16. The van der Waals surface area contributed by atoms with Gasteiger partial charge in [-0.05, 0) is 13.0 Å². The van der Waals surface area contributed by atoms with Gasteiger partial charge in [0.1, 0.15) is 0 Å². The van der Waals surface area contributed by atoms with Crippen molar-refractivity contribution in [1.29, 1.82) is 0 Å². The average molecular weight is 244 g/mol. The summed E-state index contributed by atoms with van der Waals surface area (Å²) >= 11 is 5.42. The lowest BCUT2D eigenvalue weighted by molar-refractivity contribution is -0.118. The number of likely N-dealkylation sites (N-methyl/N-ethyl adjacent to an activating group) is 1. The van der Waals surface area contributed by atoms with Gasteiger partial charge in [-0.25, -0.2) is 0 Å². The summed E-state index contributed by atoms with van der Waals surface area (Å²) in [5.41, 5.74) is 5.05. The molecule has 0 spiro atoms. The Balaban J connectivity index is 2.77. The zero-order valence-electron chi connectivity index (χ0n) is 8.27. The molecule has 0 bridgehead atoms. The van der Waals surface area contributed by atoms with Crippen molar-refractivity contribution in [2.24, 2.45) is 5.73 Å². The van der Waals surface area contributed by atoms with Crippen LogP contribution in [0.2, 0.25) is 0 Å². The molecule has 0 fully saturated rings. The van der Waals surface area contributed by atoms with Crippen LogP contribution >= 0.6 is 24.0 Å². The number of thiol groups is 1. The quantitative estimate of drug-likeness (QED) is 0.776. The van der Waals surface area contributed by atoms with E-state index in [0.717, 1.165) is 4.90 Å². The SMILES string of the molecule is CCN(CC(N)=O)C(=O)c1cc(S)cs1. The Hall–Kier alpha value is -1.01. The predicted molar refractivity (Wildman–Crippen MR) is 62.3 cm³/mol. The fourth-order valence-electron chi connectivity index (χ4n) is 1.11. The Morgan fingerprint density at radius 3 is 2.67 bits per heavy atom. The molecule has 0 saturated heterocycles. The molecule has 15 heavy (non-hydrogen) atoms. The maximum absolute atomic E-state index is 11.8. The lowest BCUT2D eigenvalue weighted by atomic mass is 10.3. The van der Waals surface area contributed by atoms with Crippen molar-refractivity contribution in [2.75, 3.05) is 13.1 Å². The fraction of sp³-hybridized carbons (Fsp3) is 0.333. The Kier molecular flexibility index (Phi) is 4.16. The summed E-state index contributed by atoms with van der Waals surface area (Å²) < 4.78 is 0. The minimum Gasteiger partial charge on any atom is -0.368 e. The van der Waals surface area contributed by atoms with Crippen molar-refractivity contribution in [3.05, 3.63) is 16.3 Å². The summed E-state index contributed by atoms with van der Waals surface area (Å²) in [6.07, 6.45) is 0. The van der Waals surface area contributed by atoms with E-state index >= 15 is 0 Å². The first-order valence-corrected chi connectivity index (χ1v) is 5.72. The van der Waals surface area contributed by atoms with Gasteiger partial charge in [-0.15, -0.1) is 24.0 Å². The summed E-state index contributed by atoms with van der Waals surface area (Å²) in [6.45, 7) is 2.22. The monoisotopic (exact) mass is 244 g/mol. The van der Waals surface area contributed by atoms with Crippen LogP contribution in [-0.4, -0.2) is 29.8 Å². The zero-order chi connectivity index (χ0) is 11.4. The Labute approximate surface area is 97.5 Å². The van der Waals surface area contributed by atoms with Crippen LogP contribution in [0.4, 0.5) is 0 Å². The number of hydrogen-bond acceptors (Lipinski definition) is 4. The molecule has 82 valence electrons. The molecule has 1 rings (SSSR count). The van der Waals surface area contributed by atoms with Crippen LogP contribution in [0.5, 0.6) is 0 Å². The van der Waals surface area contributed by atoms with Crippen LogP contribution in [0.25, 0.3) is 0 Å². The molecule has 2 N–H and O–H groups in total. The topological polar surface area (TPSA) is 63.4 Å². The van der Waals surface area contributed by atoms with E-state index in [4.69, 9.17) is 5.73 Å². The maximum atomic E-state index is 11.8. The van der Waals surface area contributed by atoms with Crippen molar-refractivity contribution in [2.45, 2.75) is 11.8 Å². The summed E-state index contributed by atoms with van der Waals surface area (Å²) in [7, 11) is 0. The molecule has 0 saturated carbocycles. The molecular weight excluding hydrogens is 232 g/mol. The van der Waals surface area contributed by atoms with Gasteiger partial charge in [0.2, 0.25) is 5.91 Å². The molecular formula is C9H12N2O2S2. The van der Waals surface area contributed by atoms with Crippen molar-refractivity contribution in [3.8, 4) is 0 Å². The number of primary amides is 1. The highest BCUT2D eigenvalue weighted by Crippen LogP contribution is 2.19. The summed E-state index contributed by atoms with van der Waals surface area (Å²) in [5.74, 6) is -0.686. The number of nitrogens with zero attached hydrogens (tertiary/aromatic N) is 1. The van der Waals surface area contributed by atoms with E-state index in [2.05, 4.69) is 12.6 Å². The number of nitrogens with two attached hydrogens (primary N) is 1. The van der Waals surface area contributed by atoms with Gasteiger partial charge in [-0.2, -0.15) is 0 Å². The Bertz CT molecular complexity index is 376. The molecule has 1 aromatic rings. The van der Waals surface area contributed by atoms with E-state index in [0.29, 0.717) is 11.4 Å². The van der Waals surface area contributed by atoms with Gasteiger partial charge >= 0.3 is 0 Å². The van der Waals surface area contributed by atoms with E-state index < -0.39 is 5.91 Å². The van der Waals surface area contributed by atoms with Crippen molar-refractivity contribution < 1.29 is 9.59 Å². The first-order chi connectivity index (χ1) is 7.04. The van der Waals surface area contributed by atoms with Gasteiger partial charge in [0.25, 0.3) is 5.91 Å². The average Bonchev–Trinajstić information content (AvgIpc) is 2.60. The molecule has 0 aliphatic heterocycles. The third-order valence-electron chi connectivity index (χ3n) is 1.81. The van der Waals surface area contributed by atoms with Gasteiger partial charge in [-0.1, -0.05) is 0 Å². The van der Waals surface area contributed by atoms with Gasteiger partial charge in [-0.3, -0.25) is 9.59 Å². The van der Waals surface area contributed by atoms with Crippen LogP contribution in [0.15, 0.2) is 16.3 Å². The molecule has 1 aromatic heterocycles. The predicted octanol–water partition coefficient (Wildman–Crippen LogP) is 0.984. The normalized spacial score (nSPS) is 10.0. The zero-order valence-corrected chi connectivity index (χ0v) is 9.98. The highest BCUT2D eigenvalue weighted by atomic mass is 32.1. The van der Waals surface area contributed by atoms with Crippen LogP contribution < -0.4 is 5.73 Å². The lowest BCUT2D eigenvalue weighted by Gasteiger charge is -2.17. The Morgan fingerprint density at radius 1 is 1.60 bits per heavy atom. The van der Waals surface area contributed by atoms with Gasteiger partial charge in [0, 0.05) is 16.8 Å². The van der Waals surface area contributed by atoms with E-state index in [1.807, 2.05) is 0 Å². The lowest BCUT2D eigenvalue weighted by Crippen LogP contribution is -2.37. The molecule has 0 radical (unpaired) electrons. The van der Waals surface area contributed by atoms with Crippen LogP contribution in [0, 0.1) is 0 Å².